The van der Waals surface area contributed by atoms with Crippen LogP contribution in [0.4, 0.5) is 5.69 Å². The van der Waals surface area contributed by atoms with Crippen LogP contribution in [-0.4, -0.2) is 11.2 Å². The molecule has 0 heterocycles. The second-order valence-electron chi connectivity index (χ2n) is 5.48. The lowest BCUT2D eigenvalue weighted by Gasteiger charge is -2.16. The number of hydrogen-bond acceptors (Lipinski definition) is 2. The van der Waals surface area contributed by atoms with Crippen LogP contribution >= 0.6 is 27.7 Å². The van der Waals surface area contributed by atoms with Gasteiger partial charge in [-0.3, -0.25) is 4.79 Å². The molecule has 2 nitrogen and oxygen atoms in total. The van der Waals surface area contributed by atoms with E-state index in [-0.39, 0.29) is 11.2 Å². The maximum absolute atomic E-state index is 12.4. The third-order valence-corrected chi connectivity index (χ3v) is 5.06. The molecule has 2 aromatic rings. The Morgan fingerprint density at radius 3 is 2.18 bits per heavy atom. The van der Waals surface area contributed by atoms with Gasteiger partial charge in [0.05, 0.1) is 5.25 Å². The lowest BCUT2D eigenvalue weighted by molar-refractivity contribution is -0.115. The van der Waals surface area contributed by atoms with E-state index in [4.69, 9.17) is 0 Å². The Morgan fingerprint density at radius 1 is 1.09 bits per heavy atom. The molecule has 22 heavy (non-hydrogen) atoms. The first-order chi connectivity index (χ1) is 10.4. The van der Waals surface area contributed by atoms with Gasteiger partial charge in [-0.2, -0.15) is 0 Å². The third-order valence-electron chi connectivity index (χ3n) is 3.42. The van der Waals surface area contributed by atoms with Crippen molar-refractivity contribution >= 4 is 39.3 Å². The van der Waals surface area contributed by atoms with Crippen molar-refractivity contribution in [3.63, 3.8) is 0 Å². The quantitative estimate of drug-likeness (QED) is 0.713. The molecule has 0 saturated carbocycles. The molecule has 116 valence electrons. The molecule has 1 N–H and O–H groups in total. The summed E-state index contributed by atoms with van der Waals surface area (Å²) in [6, 6.07) is 12.2. The number of hydrogen-bond donors (Lipinski definition) is 1. The number of anilines is 1. The number of amides is 1. The minimum Gasteiger partial charge on any atom is -0.325 e. The number of aryl methyl sites for hydroxylation is 3. The van der Waals surface area contributed by atoms with E-state index in [0.29, 0.717) is 0 Å². The zero-order valence-electron chi connectivity index (χ0n) is 13.2. The van der Waals surface area contributed by atoms with Crippen LogP contribution in [-0.2, 0) is 4.79 Å². The molecule has 1 unspecified atom stereocenters. The van der Waals surface area contributed by atoms with Crippen molar-refractivity contribution < 1.29 is 4.79 Å². The highest BCUT2D eigenvalue weighted by atomic mass is 79.9. The standard InChI is InChI=1S/C18H20BrNOS/c1-11-9-12(2)17(13(3)10-11)20-18(21)14(4)22-16-7-5-15(19)6-8-16/h5-10,14H,1-4H3,(H,20,21). The van der Waals surface area contributed by atoms with Gasteiger partial charge in [0.15, 0.2) is 0 Å². The maximum Gasteiger partial charge on any atom is 0.237 e. The van der Waals surface area contributed by atoms with Gasteiger partial charge in [0.25, 0.3) is 0 Å². The fraction of sp³-hybridized carbons (Fsp3) is 0.278. The van der Waals surface area contributed by atoms with Crippen LogP contribution in [0.1, 0.15) is 23.6 Å². The van der Waals surface area contributed by atoms with Crippen molar-refractivity contribution in [2.24, 2.45) is 0 Å². The van der Waals surface area contributed by atoms with E-state index < -0.39 is 0 Å². The molecular weight excluding hydrogens is 358 g/mol. The summed E-state index contributed by atoms with van der Waals surface area (Å²) in [5, 5.41) is 2.92. The Hall–Kier alpha value is -1.26. The zero-order chi connectivity index (χ0) is 16.3. The summed E-state index contributed by atoms with van der Waals surface area (Å²) in [6.07, 6.45) is 0. The summed E-state index contributed by atoms with van der Waals surface area (Å²) in [5.41, 5.74) is 4.35. The van der Waals surface area contributed by atoms with Crippen molar-refractivity contribution in [1.29, 1.82) is 0 Å². The number of nitrogens with one attached hydrogen (secondary N) is 1. The summed E-state index contributed by atoms with van der Waals surface area (Å²) in [4.78, 5) is 13.5. The molecule has 0 bridgehead atoms. The molecule has 0 radical (unpaired) electrons. The van der Waals surface area contributed by atoms with Crippen LogP contribution in [0.2, 0.25) is 0 Å². The van der Waals surface area contributed by atoms with Gasteiger partial charge in [0.1, 0.15) is 0 Å². The van der Waals surface area contributed by atoms with Crippen LogP contribution in [0.3, 0.4) is 0 Å². The minimum absolute atomic E-state index is 0.0305. The summed E-state index contributed by atoms with van der Waals surface area (Å²) in [6.45, 7) is 8.06. The molecule has 1 atom stereocenters. The highest BCUT2D eigenvalue weighted by Gasteiger charge is 2.16. The van der Waals surface area contributed by atoms with Crippen LogP contribution < -0.4 is 5.32 Å². The lowest BCUT2D eigenvalue weighted by Crippen LogP contribution is -2.23. The van der Waals surface area contributed by atoms with E-state index in [2.05, 4.69) is 40.3 Å². The Balaban J connectivity index is 2.07. The Labute approximate surface area is 144 Å². The maximum atomic E-state index is 12.4. The first-order valence-electron chi connectivity index (χ1n) is 7.18. The number of halogens is 1. The Morgan fingerprint density at radius 2 is 1.64 bits per heavy atom. The van der Waals surface area contributed by atoms with Crippen molar-refractivity contribution in [3.05, 3.63) is 57.6 Å². The Bertz CT molecular complexity index is 659. The summed E-state index contributed by atoms with van der Waals surface area (Å²) in [5.74, 6) is 0.0305. The van der Waals surface area contributed by atoms with Gasteiger partial charge >= 0.3 is 0 Å². The average Bonchev–Trinajstić information content (AvgIpc) is 2.45. The minimum atomic E-state index is -0.152. The molecule has 2 aromatic carbocycles. The van der Waals surface area contributed by atoms with E-state index >= 15 is 0 Å². The average molecular weight is 378 g/mol. The molecule has 2 rings (SSSR count). The predicted octanol–water partition coefficient (Wildman–Crippen LogP) is 5.49. The molecule has 0 fully saturated rings. The van der Waals surface area contributed by atoms with Gasteiger partial charge in [-0.05, 0) is 63.1 Å². The number of carbonyl (C=O) groups is 1. The normalized spacial score (nSPS) is 12.0. The van der Waals surface area contributed by atoms with Crippen molar-refractivity contribution in [2.75, 3.05) is 5.32 Å². The van der Waals surface area contributed by atoms with E-state index in [1.54, 1.807) is 11.8 Å². The van der Waals surface area contributed by atoms with Crippen molar-refractivity contribution in [1.82, 2.24) is 0 Å². The van der Waals surface area contributed by atoms with Gasteiger partial charge in [-0.1, -0.05) is 33.6 Å². The summed E-state index contributed by atoms with van der Waals surface area (Å²) >= 11 is 4.98. The first-order valence-corrected chi connectivity index (χ1v) is 8.85. The van der Waals surface area contributed by atoms with Gasteiger partial charge < -0.3 is 5.32 Å². The molecule has 0 aliphatic heterocycles. The third kappa shape index (κ3) is 4.37. The fourth-order valence-corrected chi connectivity index (χ4v) is 3.50. The van der Waals surface area contributed by atoms with E-state index in [9.17, 15) is 4.79 Å². The van der Waals surface area contributed by atoms with Crippen LogP contribution in [0.25, 0.3) is 0 Å². The molecule has 0 saturated heterocycles. The van der Waals surface area contributed by atoms with Gasteiger partial charge in [0.2, 0.25) is 5.91 Å². The number of thioether (sulfide) groups is 1. The second-order valence-corrected chi connectivity index (χ2v) is 7.81. The number of rotatable bonds is 4. The number of carbonyl (C=O) groups excluding carboxylic acids is 1. The molecular formula is C18H20BrNOS. The van der Waals surface area contributed by atoms with E-state index in [0.717, 1.165) is 26.2 Å². The lowest BCUT2D eigenvalue weighted by atomic mass is 10.1. The first kappa shape index (κ1) is 17.1. The predicted molar refractivity (Wildman–Crippen MR) is 98.7 cm³/mol. The monoisotopic (exact) mass is 377 g/mol. The summed E-state index contributed by atoms with van der Waals surface area (Å²) < 4.78 is 1.04. The van der Waals surface area contributed by atoms with Gasteiger partial charge in [-0.15, -0.1) is 11.8 Å². The highest BCUT2D eigenvalue weighted by Crippen LogP contribution is 2.27. The van der Waals surface area contributed by atoms with Crippen LogP contribution in [0.5, 0.6) is 0 Å². The van der Waals surface area contributed by atoms with E-state index in [1.165, 1.54) is 5.56 Å². The summed E-state index contributed by atoms with van der Waals surface area (Å²) in [7, 11) is 0. The van der Waals surface area contributed by atoms with Gasteiger partial charge in [-0.25, -0.2) is 0 Å². The molecule has 0 aromatic heterocycles. The smallest absolute Gasteiger partial charge is 0.237 e. The topological polar surface area (TPSA) is 29.1 Å². The molecule has 0 aliphatic carbocycles. The second kappa shape index (κ2) is 7.34. The molecule has 0 spiro atoms. The fourth-order valence-electron chi connectivity index (χ4n) is 2.37. The number of benzene rings is 2. The van der Waals surface area contributed by atoms with E-state index in [1.807, 2.05) is 45.0 Å². The molecule has 4 heteroatoms. The van der Waals surface area contributed by atoms with Crippen LogP contribution in [0.15, 0.2) is 45.8 Å². The Kier molecular flexibility index (Phi) is 5.70. The highest BCUT2D eigenvalue weighted by molar-refractivity contribution is 9.10. The van der Waals surface area contributed by atoms with Crippen molar-refractivity contribution in [2.45, 2.75) is 37.8 Å². The van der Waals surface area contributed by atoms with Gasteiger partial charge in [0, 0.05) is 15.1 Å². The molecule has 1 amide bonds. The zero-order valence-corrected chi connectivity index (χ0v) is 15.6. The largest absolute Gasteiger partial charge is 0.325 e. The SMILES string of the molecule is Cc1cc(C)c(NC(=O)C(C)Sc2ccc(Br)cc2)c(C)c1. The van der Waals surface area contributed by atoms with Crippen molar-refractivity contribution in [3.8, 4) is 0 Å². The van der Waals surface area contributed by atoms with Crippen LogP contribution in [0, 0.1) is 20.8 Å². The molecule has 0 aliphatic rings.